The fourth-order valence-corrected chi connectivity index (χ4v) is 3.83. The quantitative estimate of drug-likeness (QED) is 0.811. The monoisotopic (exact) mass is 289 g/mol. The van der Waals surface area contributed by atoms with Crippen molar-refractivity contribution < 1.29 is 17.2 Å². The van der Waals surface area contributed by atoms with E-state index < -0.39 is 16.6 Å². The molecule has 0 spiro atoms. The standard InChI is InChI=1S/C11H9F2NO2S2/c12-11(13)14(9-5-2-1-3-6-9)18(15,16)10-7-4-8-17-10/h1-8,11H. The molecule has 18 heavy (non-hydrogen) atoms. The third-order valence-electron chi connectivity index (χ3n) is 2.20. The molecule has 1 aromatic heterocycles. The van der Waals surface area contributed by atoms with E-state index >= 15 is 0 Å². The Morgan fingerprint density at radius 1 is 1.06 bits per heavy atom. The van der Waals surface area contributed by atoms with Crippen LogP contribution >= 0.6 is 11.3 Å². The Morgan fingerprint density at radius 3 is 2.22 bits per heavy atom. The first-order chi connectivity index (χ1) is 8.53. The van der Waals surface area contributed by atoms with Gasteiger partial charge in [0, 0.05) is 0 Å². The SMILES string of the molecule is O=S(=O)(c1cccs1)N(c1ccccc1)C(F)F. The number of halogens is 2. The van der Waals surface area contributed by atoms with Crippen molar-refractivity contribution in [2.24, 2.45) is 0 Å². The van der Waals surface area contributed by atoms with Crippen molar-refractivity contribution in [3.63, 3.8) is 0 Å². The third-order valence-corrected chi connectivity index (χ3v) is 5.31. The second-order valence-electron chi connectivity index (χ2n) is 3.35. The molecule has 96 valence electrons. The molecule has 0 aliphatic carbocycles. The molecule has 0 aliphatic heterocycles. The number of hydrogen-bond acceptors (Lipinski definition) is 3. The van der Waals surface area contributed by atoms with Crippen LogP contribution < -0.4 is 4.31 Å². The number of thiophene rings is 1. The fraction of sp³-hybridized carbons (Fsp3) is 0.0909. The van der Waals surface area contributed by atoms with E-state index in [0.717, 1.165) is 11.3 Å². The lowest BCUT2D eigenvalue weighted by atomic mass is 10.3. The Hall–Kier alpha value is -1.47. The number of sulfonamides is 1. The minimum atomic E-state index is -4.21. The Bertz CT molecular complexity index is 597. The number of anilines is 1. The van der Waals surface area contributed by atoms with Crippen LogP contribution in [0.25, 0.3) is 0 Å². The summed E-state index contributed by atoms with van der Waals surface area (Å²) in [5.41, 5.74) is -0.0547. The smallest absolute Gasteiger partial charge is 0.206 e. The Labute approximate surface area is 107 Å². The first kappa shape index (κ1) is 13.0. The number of benzene rings is 1. The lowest BCUT2D eigenvalue weighted by Gasteiger charge is -2.22. The summed E-state index contributed by atoms with van der Waals surface area (Å²) in [6.07, 6.45) is 0. The molecule has 3 nitrogen and oxygen atoms in total. The van der Waals surface area contributed by atoms with E-state index in [0.29, 0.717) is 0 Å². The van der Waals surface area contributed by atoms with Crippen LogP contribution in [-0.4, -0.2) is 15.0 Å². The lowest BCUT2D eigenvalue weighted by Crippen LogP contribution is -2.35. The van der Waals surface area contributed by atoms with Gasteiger partial charge >= 0.3 is 6.55 Å². The topological polar surface area (TPSA) is 37.4 Å². The van der Waals surface area contributed by atoms with Gasteiger partial charge in [0.2, 0.25) is 0 Å². The summed E-state index contributed by atoms with van der Waals surface area (Å²) >= 11 is 0.907. The Morgan fingerprint density at radius 2 is 1.72 bits per heavy atom. The van der Waals surface area contributed by atoms with Crippen molar-refractivity contribution in [3.05, 3.63) is 47.8 Å². The molecule has 0 saturated carbocycles. The second-order valence-corrected chi connectivity index (χ2v) is 6.34. The van der Waals surface area contributed by atoms with E-state index in [1.165, 1.54) is 41.8 Å². The summed E-state index contributed by atoms with van der Waals surface area (Å²) in [6.45, 7) is -3.13. The van der Waals surface area contributed by atoms with Crippen LogP contribution in [0.1, 0.15) is 0 Å². The number of hydrogen-bond donors (Lipinski definition) is 0. The normalized spacial score (nSPS) is 11.7. The minimum Gasteiger partial charge on any atom is -0.206 e. The number of nitrogens with zero attached hydrogens (tertiary/aromatic N) is 1. The van der Waals surface area contributed by atoms with Crippen molar-refractivity contribution >= 4 is 27.0 Å². The zero-order valence-electron chi connectivity index (χ0n) is 9.03. The van der Waals surface area contributed by atoms with E-state index in [9.17, 15) is 17.2 Å². The largest absolute Gasteiger partial charge is 0.328 e. The van der Waals surface area contributed by atoms with E-state index in [1.807, 2.05) is 0 Å². The summed E-state index contributed by atoms with van der Waals surface area (Å²) in [5.74, 6) is 0. The van der Waals surface area contributed by atoms with Gasteiger partial charge < -0.3 is 0 Å². The van der Waals surface area contributed by atoms with Crippen molar-refractivity contribution in [3.8, 4) is 0 Å². The van der Waals surface area contributed by atoms with Crippen molar-refractivity contribution in [1.82, 2.24) is 0 Å². The second kappa shape index (κ2) is 5.03. The average molecular weight is 289 g/mol. The van der Waals surface area contributed by atoms with E-state index in [-0.39, 0.29) is 14.2 Å². The van der Waals surface area contributed by atoms with Crippen LogP contribution in [0, 0.1) is 0 Å². The summed E-state index contributed by atoms with van der Waals surface area (Å²) < 4.78 is 50.3. The molecular formula is C11H9F2NO2S2. The van der Waals surface area contributed by atoms with Gasteiger partial charge in [-0.2, -0.15) is 8.78 Å². The lowest BCUT2D eigenvalue weighted by molar-refractivity contribution is 0.162. The van der Waals surface area contributed by atoms with Crippen LogP contribution in [0.2, 0.25) is 0 Å². The highest BCUT2D eigenvalue weighted by molar-refractivity contribution is 7.94. The maximum Gasteiger partial charge on any atom is 0.328 e. The summed E-state index contributed by atoms with van der Waals surface area (Å²) in [7, 11) is -4.21. The van der Waals surface area contributed by atoms with Crippen LogP contribution in [0.15, 0.2) is 52.1 Å². The van der Waals surface area contributed by atoms with Crippen molar-refractivity contribution in [2.75, 3.05) is 4.31 Å². The van der Waals surface area contributed by atoms with Crippen LogP contribution in [0.3, 0.4) is 0 Å². The van der Waals surface area contributed by atoms with E-state index in [2.05, 4.69) is 0 Å². The van der Waals surface area contributed by atoms with Gasteiger partial charge in [0.05, 0.1) is 5.69 Å². The first-order valence-corrected chi connectivity index (χ1v) is 7.26. The molecule has 2 rings (SSSR count). The average Bonchev–Trinajstić information content (AvgIpc) is 2.83. The highest BCUT2D eigenvalue weighted by Gasteiger charge is 2.32. The fourth-order valence-electron chi connectivity index (χ4n) is 1.44. The molecular weight excluding hydrogens is 280 g/mol. The third kappa shape index (κ3) is 2.37. The molecule has 2 aromatic rings. The number of alkyl halides is 2. The van der Waals surface area contributed by atoms with Crippen LogP contribution in [-0.2, 0) is 10.0 Å². The molecule has 0 amide bonds. The van der Waals surface area contributed by atoms with E-state index in [1.54, 1.807) is 6.07 Å². The highest BCUT2D eigenvalue weighted by Crippen LogP contribution is 2.29. The Balaban J connectivity index is 2.51. The summed E-state index contributed by atoms with van der Waals surface area (Å²) in [5, 5.41) is 1.53. The predicted octanol–water partition coefficient (Wildman–Crippen LogP) is 3.17. The zero-order chi connectivity index (χ0) is 13.2. The van der Waals surface area contributed by atoms with Gasteiger partial charge in [0.25, 0.3) is 10.0 Å². The molecule has 1 aromatic carbocycles. The molecule has 0 N–H and O–H groups in total. The number of rotatable bonds is 4. The van der Waals surface area contributed by atoms with Crippen LogP contribution in [0.5, 0.6) is 0 Å². The predicted molar refractivity (Wildman–Crippen MR) is 66.4 cm³/mol. The van der Waals surface area contributed by atoms with Gasteiger partial charge in [-0.25, -0.2) is 12.7 Å². The van der Waals surface area contributed by atoms with Gasteiger partial charge in [-0.05, 0) is 23.6 Å². The van der Waals surface area contributed by atoms with E-state index in [4.69, 9.17) is 0 Å². The maximum atomic E-state index is 13.0. The molecule has 0 aliphatic rings. The van der Waals surface area contributed by atoms with Crippen LogP contribution in [0.4, 0.5) is 14.5 Å². The minimum absolute atomic E-state index is 0.0547. The van der Waals surface area contributed by atoms with Crippen molar-refractivity contribution in [1.29, 1.82) is 0 Å². The molecule has 0 radical (unpaired) electrons. The van der Waals surface area contributed by atoms with Crippen molar-refractivity contribution in [2.45, 2.75) is 10.8 Å². The maximum absolute atomic E-state index is 13.0. The summed E-state index contributed by atoms with van der Waals surface area (Å²) in [6, 6.07) is 10.1. The Kier molecular flexibility index (Phi) is 3.63. The molecule has 7 heteroatoms. The zero-order valence-corrected chi connectivity index (χ0v) is 10.7. The molecule has 0 atom stereocenters. The van der Waals surface area contributed by atoms with Gasteiger partial charge in [-0.15, -0.1) is 11.3 Å². The van der Waals surface area contributed by atoms with Gasteiger partial charge in [-0.1, -0.05) is 24.3 Å². The summed E-state index contributed by atoms with van der Waals surface area (Å²) in [4.78, 5) is 0. The molecule has 0 unspecified atom stereocenters. The van der Waals surface area contributed by atoms with Gasteiger partial charge in [-0.3, -0.25) is 0 Å². The van der Waals surface area contributed by atoms with Gasteiger partial charge in [0.1, 0.15) is 4.21 Å². The highest BCUT2D eigenvalue weighted by atomic mass is 32.2. The molecule has 0 saturated heterocycles. The molecule has 1 heterocycles. The molecule has 0 bridgehead atoms. The number of para-hydroxylation sites is 1. The first-order valence-electron chi connectivity index (χ1n) is 4.94. The van der Waals surface area contributed by atoms with Gasteiger partial charge in [0.15, 0.2) is 0 Å². The molecule has 0 fully saturated rings.